The van der Waals surface area contributed by atoms with E-state index in [0.717, 1.165) is 19.6 Å². The molecular formula is C14H29N3O3S. The van der Waals surface area contributed by atoms with Crippen LogP contribution in [0.25, 0.3) is 0 Å². The normalized spacial score (nSPS) is 18.1. The van der Waals surface area contributed by atoms with Gasteiger partial charge in [-0.15, -0.1) is 0 Å². The van der Waals surface area contributed by atoms with Crippen LogP contribution in [0.5, 0.6) is 0 Å². The van der Waals surface area contributed by atoms with Crippen LogP contribution in [-0.4, -0.2) is 68.6 Å². The summed E-state index contributed by atoms with van der Waals surface area (Å²) >= 11 is 0. The summed E-state index contributed by atoms with van der Waals surface area (Å²) in [7, 11) is -3.11. The van der Waals surface area contributed by atoms with Crippen molar-refractivity contribution >= 4 is 15.9 Å². The number of nitrogens with one attached hydrogen (secondary N) is 1. The third-order valence-corrected chi connectivity index (χ3v) is 6.09. The fraction of sp³-hybridized carbons (Fsp3) is 0.929. The van der Waals surface area contributed by atoms with Gasteiger partial charge in [-0.1, -0.05) is 13.8 Å². The van der Waals surface area contributed by atoms with Crippen LogP contribution in [0.3, 0.4) is 0 Å². The zero-order valence-corrected chi connectivity index (χ0v) is 14.3. The van der Waals surface area contributed by atoms with Gasteiger partial charge in [0.25, 0.3) is 0 Å². The summed E-state index contributed by atoms with van der Waals surface area (Å²) in [5.41, 5.74) is 0. The maximum atomic E-state index is 12.1. The number of carbonyl (C=O) groups is 1. The number of hydrogen-bond donors (Lipinski definition) is 1. The molecule has 0 aromatic heterocycles. The van der Waals surface area contributed by atoms with Crippen molar-refractivity contribution in [3.63, 3.8) is 0 Å². The van der Waals surface area contributed by atoms with Crippen molar-refractivity contribution in [3.8, 4) is 0 Å². The average molecular weight is 319 g/mol. The first kappa shape index (κ1) is 18.4. The smallest absolute Gasteiger partial charge is 0.223 e. The molecule has 7 heteroatoms. The Hall–Kier alpha value is -0.660. The molecule has 0 saturated carbocycles. The number of likely N-dealkylation sites (N-methyl/N-ethyl adjacent to an activating group) is 1. The Kier molecular flexibility index (Phi) is 7.62. The molecule has 0 bridgehead atoms. The Morgan fingerprint density at radius 2 is 1.76 bits per heavy atom. The lowest BCUT2D eigenvalue weighted by atomic mass is 9.97. The average Bonchev–Trinajstić information content (AvgIpc) is 2.51. The summed E-state index contributed by atoms with van der Waals surface area (Å²) in [6, 6.07) is 0. The number of carbonyl (C=O) groups excluding carboxylic acids is 1. The standard InChI is InChI=1S/C14H29N3O3S/c1-4-16(5-2)12-9-15-14(18)13-7-10-17(11-8-13)21(19,20)6-3/h13H,4-12H2,1-3H3,(H,15,18). The van der Waals surface area contributed by atoms with Gasteiger partial charge in [0.2, 0.25) is 15.9 Å². The highest BCUT2D eigenvalue weighted by molar-refractivity contribution is 7.89. The number of rotatable bonds is 8. The minimum atomic E-state index is -3.11. The van der Waals surface area contributed by atoms with E-state index in [2.05, 4.69) is 24.1 Å². The summed E-state index contributed by atoms with van der Waals surface area (Å²) in [6.07, 6.45) is 1.24. The van der Waals surface area contributed by atoms with Crippen molar-refractivity contribution in [1.29, 1.82) is 0 Å². The van der Waals surface area contributed by atoms with E-state index in [1.165, 1.54) is 4.31 Å². The second kappa shape index (κ2) is 8.70. The second-order valence-electron chi connectivity index (χ2n) is 5.39. The zero-order valence-electron chi connectivity index (χ0n) is 13.5. The lowest BCUT2D eigenvalue weighted by Gasteiger charge is -2.30. The molecule has 0 unspecified atom stereocenters. The monoisotopic (exact) mass is 319 g/mol. The van der Waals surface area contributed by atoms with Crippen molar-refractivity contribution in [1.82, 2.24) is 14.5 Å². The van der Waals surface area contributed by atoms with Crippen molar-refractivity contribution in [2.24, 2.45) is 5.92 Å². The van der Waals surface area contributed by atoms with Gasteiger partial charge in [0.15, 0.2) is 0 Å². The Bertz CT molecular complexity index is 413. The lowest BCUT2D eigenvalue weighted by Crippen LogP contribution is -2.44. The maximum absolute atomic E-state index is 12.1. The summed E-state index contributed by atoms with van der Waals surface area (Å²) in [5, 5.41) is 2.97. The molecule has 0 aromatic carbocycles. The molecule has 0 radical (unpaired) electrons. The highest BCUT2D eigenvalue weighted by Crippen LogP contribution is 2.19. The van der Waals surface area contributed by atoms with Crippen LogP contribution < -0.4 is 5.32 Å². The molecule has 0 spiro atoms. The van der Waals surface area contributed by atoms with Gasteiger partial charge in [-0.05, 0) is 32.9 Å². The minimum absolute atomic E-state index is 0.0509. The number of piperidine rings is 1. The molecule has 1 aliphatic heterocycles. The van der Waals surface area contributed by atoms with E-state index in [0.29, 0.717) is 32.5 Å². The number of amides is 1. The molecule has 1 aliphatic rings. The van der Waals surface area contributed by atoms with Crippen molar-refractivity contribution in [2.75, 3.05) is 45.0 Å². The first-order valence-electron chi connectivity index (χ1n) is 7.92. The Labute approximate surface area is 128 Å². The summed E-state index contributed by atoms with van der Waals surface area (Å²) < 4.78 is 25.0. The van der Waals surface area contributed by atoms with E-state index in [1.807, 2.05) is 0 Å². The van der Waals surface area contributed by atoms with E-state index >= 15 is 0 Å². The zero-order chi connectivity index (χ0) is 15.9. The fourth-order valence-electron chi connectivity index (χ4n) is 2.60. The number of sulfonamides is 1. The molecule has 0 aromatic rings. The van der Waals surface area contributed by atoms with Crippen LogP contribution in [-0.2, 0) is 14.8 Å². The summed E-state index contributed by atoms with van der Waals surface area (Å²) in [4.78, 5) is 14.3. The topological polar surface area (TPSA) is 69.7 Å². The molecule has 1 rings (SSSR count). The quantitative estimate of drug-likeness (QED) is 0.707. The van der Waals surface area contributed by atoms with Gasteiger partial charge in [0.1, 0.15) is 0 Å². The molecule has 21 heavy (non-hydrogen) atoms. The summed E-state index contributed by atoms with van der Waals surface area (Å²) in [6.45, 7) is 10.3. The van der Waals surface area contributed by atoms with Crippen LogP contribution in [0.1, 0.15) is 33.6 Å². The molecule has 1 amide bonds. The highest BCUT2D eigenvalue weighted by atomic mass is 32.2. The van der Waals surface area contributed by atoms with Gasteiger partial charge >= 0.3 is 0 Å². The number of hydrogen-bond acceptors (Lipinski definition) is 4. The molecule has 1 saturated heterocycles. The van der Waals surface area contributed by atoms with E-state index in [1.54, 1.807) is 6.92 Å². The highest BCUT2D eigenvalue weighted by Gasteiger charge is 2.29. The molecule has 6 nitrogen and oxygen atoms in total. The lowest BCUT2D eigenvalue weighted by molar-refractivity contribution is -0.126. The van der Waals surface area contributed by atoms with Crippen molar-refractivity contribution in [3.05, 3.63) is 0 Å². The second-order valence-corrected chi connectivity index (χ2v) is 7.65. The molecule has 1 N–H and O–H groups in total. The van der Waals surface area contributed by atoms with Gasteiger partial charge in [0, 0.05) is 32.1 Å². The van der Waals surface area contributed by atoms with Gasteiger partial charge in [-0.3, -0.25) is 4.79 Å². The van der Waals surface area contributed by atoms with Crippen LogP contribution in [0.4, 0.5) is 0 Å². The Morgan fingerprint density at radius 3 is 2.24 bits per heavy atom. The predicted molar refractivity (Wildman–Crippen MR) is 84.6 cm³/mol. The Balaban J connectivity index is 2.32. The molecule has 124 valence electrons. The van der Waals surface area contributed by atoms with Crippen LogP contribution in [0, 0.1) is 5.92 Å². The first-order valence-corrected chi connectivity index (χ1v) is 9.53. The van der Waals surface area contributed by atoms with Gasteiger partial charge in [0.05, 0.1) is 5.75 Å². The van der Waals surface area contributed by atoms with E-state index < -0.39 is 10.0 Å². The van der Waals surface area contributed by atoms with E-state index in [4.69, 9.17) is 0 Å². The third kappa shape index (κ3) is 5.56. The molecule has 0 aliphatic carbocycles. The molecule has 0 atom stereocenters. The molecule has 1 fully saturated rings. The predicted octanol–water partition coefficient (Wildman–Crippen LogP) is 0.506. The van der Waals surface area contributed by atoms with Crippen LogP contribution >= 0.6 is 0 Å². The van der Waals surface area contributed by atoms with Crippen LogP contribution in [0.15, 0.2) is 0 Å². The van der Waals surface area contributed by atoms with Crippen molar-refractivity contribution in [2.45, 2.75) is 33.6 Å². The van der Waals surface area contributed by atoms with Gasteiger partial charge in [-0.2, -0.15) is 0 Å². The SMILES string of the molecule is CCN(CC)CCNC(=O)C1CCN(S(=O)(=O)CC)CC1. The number of nitrogens with zero attached hydrogens (tertiary/aromatic N) is 2. The van der Waals surface area contributed by atoms with Gasteiger partial charge in [-0.25, -0.2) is 12.7 Å². The minimum Gasteiger partial charge on any atom is -0.355 e. The van der Waals surface area contributed by atoms with Crippen molar-refractivity contribution < 1.29 is 13.2 Å². The van der Waals surface area contributed by atoms with Crippen LogP contribution in [0.2, 0.25) is 0 Å². The molecular weight excluding hydrogens is 290 g/mol. The summed E-state index contributed by atoms with van der Waals surface area (Å²) in [5.74, 6) is 0.147. The van der Waals surface area contributed by atoms with E-state index in [9.17, 15) is 13.2 Å². The van der Waals surface area contributed by atoms with Gasteiger partial charge < -0.3 is 10.2 Å². The maximum Gasteiger partial charge on any atom is 0.223 e. The van der Waals surface area contributed by atoms with E-state index in [-0.39, 0.29) is 17.6 Å². The largest absolute Gasteiger partial charge is 0.355 e. The third-order valence-electron chi connectivity index (χ3n) is 4.20. The Morgan fingerprint density at radius 1 is 1.19 bits per heavy atom. The molecule has 1 heterocycles. The fourth-order valence-corrected chi connectivity index (χ4v) is 3.73. The first-order chi connectivity index (χ1) is 9.94.